The third kappa shape index (κ3) is 3.60. The Bertz CT molecular complexity index is 561. The molecular weight excluding hydrogens is 267 g/mol. The van der Waals surface area contributed by atoms with Crippen LogP contribution in [-0.2, 0) is 25.8 Å². The van der Waals surface area contributed by atoms with Crippen LogP contribution in [0.2, 0.25) is 0 Å². The van der Waals surface area contributed by atoms with E-state index in [4.69, 9.17) is 0 Å². The summed E-state index contributed by atoms with van der Waals surface area (Å²) in [5.74, 6) is 0.875. The molecule has 0 unspecified atom stereocenters. The van der Waals surface area contributed by atoms with Crippen molar-refractivity contribution in [3.63, 3.8) is 0 Å². The maximum absolute atomic E-state index is 12.6. The van der Waals surface area contributed by atoms with Crippen LogP contribution in [0.3, 0.4) is 0 Å². The normalized spacial score (nSPS) is 11.8. The van der Waals surface area contributed by atoms with Crippen LogP contribution in [0.15, 0.2) is 36.7 Å². The number of imidazole rings is 1. The smallest absolute Gasteiger partial charge is 0.334 e. The van der Waals surface area contributed by atoms with Gasteiger partial charge in [-0.2, -0.15) is 13.2 Å². The minimum Gasteiger partial charge on any atom is -0.334 e. The van der Waals surface area contributed by atoms with Gasteiger partial charge in [-0.15, -0.1) is 0 Å². The van der Waals surface area contributed by atoms with Crippen molar-refractivity contribution >= 4 is 0 Å². The molecule has 0 aliphatic heterocycles. The van der Waals surface area contributed by atoms with Crippen molar-refractivity contribution in [2.45, 2.75) is 32.7 Å². The Hall–Kier alpha value is -1.82. The first-order valence-corrected chi connectivity index (χ1v) is 6.37. The average Bonchev–Trinajstić information content (AvgIpc) is 2.86. The lowest BCUT2D eigenvalue weighted by molar-refractivity contribution is -0.137. The molecule has 0 fully saturated rings. The molecule has 20 heavy (non-hydrogen) atoms. The summed E-state index contributed by atoms with van der Waals surface area (Å²) in [5.41, 5.74) is -0.0127. The van der Waals surface area contributed by atoms with Crippen LogP contribution in [0.25, 0.3) is 0 Å². The van der Waals surface area contributed by atoms with Crippen molar-refractivity contribution in [1.82, 2.24) is 14.9 Å². The molecule has 0 radical (unpaired) electrons. The third-order valence-electron chi connectivity index (χ3n) is 3.01. The van der Waals surface area contributed by atoms with Gasteiger partial charge >= 0.3 is 6.18 Å². The number of halogens is 3. The first-order chi connectivity index (χ1) is 9.50. The van der Waals surface area contributed by atoms with Crippen molar-refractivity contribution in [3.05, 3.63) is 53.6 Å². The fourth-order valence-electron chi connectivity index (χ4n) is 1.97. The molecule has 1 N–H and O–H groups in total. The molecule has 2 rings (SSSR count). The number of hydrogen-bond acceptors (Lipinski definition) is 2. The number of alkyl halides is 3. The number of nitrogens with one attached hydrogen (secondary N) is 1. The average molecular weight is 283 g/mol. The molecule has 0 spiro atoms. The van der Waals surface area contributed by atoms with Gasteiger partial charge in [0, 0.05) is 25.5 Å². The largest absolute Gasteiger partial charge is 0.416 e. The molecular formula is C14H16F3N3. The van der Waals surface area contributed by atoms with Crippen LogP contribution in [-0.4, -0.2) is 9.55 Å². The maximum Gasteiger partial charge on any atom is 0.416 e. The monoisotopic (exact) mass is 283 g/mol. The van der Waals surface area contributed by atoms with Crippen molar-refractivity contribution in [1.29, 1.82) is 0 Å². The van der Waals surface area contributed by atoms with Gasteiger partial charge in [-0.3, -0.25) is 0 Å². The van der Waals surface area contributed by atoms with Crippen LogP contribution < -0.4 is 5.32 Å². The Morgan fingerprint density at radius 3 is 2.75 bits per heavy atom. The molecule has 0 aliphatic rings. The Morgan fingerprint density at radius 2 is 2.05 bits per heavy atom. The molecule has 108 valence electrons. The zero-order chi connectivity index (χ0) is 14.6. The molecule has 0 atom stereocenters. The van der Waals surface area contributed by atoms with Crippen molar-refractivity contribution in [2.24, 2.45) is 0 Å². The van der Waals surface area contributed by atoms with Gasteiger partial charge in [-0.05, 0) is 18.6 Å². The lowest BCUT2D eigenvalue weighted by Crippen LogP contribution is -2.17. The van der Waals surface area contributed by atoms with Crippen LogP contribution in [0.4, 0.5) is 13.2 Å². The fourth-order valence-corrected chi connectivity index (χ4v) is 1.97. The number of rotatable bonds is 5. The predicted octanol–water partition coefficient (Wildman–Crippen LogP) is 3.21. The van der Waals surface area contributed by atoms with Gasteiger partial charge in [0.2, 0.25) is 0 Å². The summed E-state index contributed by atoms with van der Waals surface area (Å²) in [7, 11) is 0. The van der Waals surface area contributed by atoms with Gasteiger partial charge in [-0.1, -0.05) is 18.2 Å². The highest BCUT2D eigenvalue weighted by atomic mass is 19.4. The number of nitrogens with zero attached hydrogens (tertiary/aromatic N) is 2. The van der Waals surface area contributed by atoms with Gasteiger partial charge in [0.1, 0.15) is 5.82 Å². The van der Waals surface area contributed by atoms with Gasteiger partial charge in [0.25, 0.3) is 0 Å². The van der Waals surface area contributed by atoms with Crippen LogP contribution in [0, 0.1) is 0 Å². The summed E-state index contributed by atoms with van der Waals surface area (Å²) < 4.78 is 39.7. The molecule has 0 saturated heterocycles. The molecule has 1 heterocycles. The maximum atomic E-state index is 12.6. The molecule has 0 bridgehead atoms. The van der Waals surface area contributed by atoms with E-state index >= 15 is 0 Å². The van der Waals surface area contributed by atoms with E-state index in [2.05, 4.69) is 10.3 Å². The molecule has 1 aromatic heterocycles. The Balaban J connectivity index is 1.95. The highest BCUT2D eigenvalue weighted by molar-refractivity contribution is 5.25. The lowest BCUT2D eigenvalue weighted by Gasteiger charge is -2.10. The predicted molar refractivity (Wildman–Crippen MR) is 69.9 cm³/mol. The van der Waals surface area contributed by atoms with E-state index in [1.807, 2.05) is 17.7 Å². The van der Waals surface area contributed by atoms with E-state index in [0.717, 1.165) is 18.4 Å². The SMILES string of the molecule is CCn1ccnc1CNCc1cccc(C(F)(F)F)c1. The van der Waals surface area contributed by atoms with Gasteiger partial charge < -0.3 is 9.88 Å². The van der Waals surface area contributed by atoms with E-state index < -0.39 is 11.7 Å². The van der Waals surface area contributed by atoms with Crippen LogP contribution in [0.5, 0.6) is 0 Å². The molecule has 6 heteroatoms. The fraction of sp³-hybridized carbons (Fsp3) is 0.357. The zero-order valence-corrected chi connectivity index (χ0v) is 11.1. The molecule has 1 aromatic carbocycles. The van der Waals surface area contributed by atoms with E-state index in [-0.39, 0.29) is 0 Å². The zero-order valence-electron chi connectivity index (χ0n) is 11.1. The number of benzene rings is 1. The van der Waals surface area contributed by atoms with E-state index in [0.29, 0.717) is 18.7 Å². The Labute approximate surface area is 115 Å². The topological polar surface area (TPSA) is 29.9 Å². The van der Waals surface area contributed by atoms with E-state index in [9.17, 15) is 13.2 Å². The summed E-state index contributed by atoms with van der Waals surface area (Å²) >= 11 is 0. The number of aromatic nitrogens is 2. The summed E-state index contributed by atoms with van der Waals surface area (Å²) in [6.07, 6.45) is -0.708. The van der Waals surface area contributed by atoms with Gasteiger partial charge in [0.05, 0.1) is 12.1 Å². The second-order valence-electron chi connectivity index (χ2n) is 4.43. The summed E-state index contributed by atoms with van der Waals surface area (Å²) in [4.78, 5) is 4.20. The quantitative estimate of drug-likeness (QED) is 0.913. The van der Waals surface area contributed by atoms with E-state index in [1.54, 1.807) is 12.3 Å². The standard InChI is InChI=1S/C14H16F3N3/c1-2-20-7-6-19-13(20)10-18-9-11-4-3-5-12(8-11)14(15,16)17/h3-8,18H,2,9-10H2,1H3. The number of aryl methyl sites for hydroxylation is 1. The van der Waals surface area contributed by atoms with Crippen molar-refractivity contribution in [3.8, 4) is 0 Å². The highest BCUT2D eigenvalue weighted by Gasteiger charge is 2.30. The van der Waals surface area contributed by atoms with Crippen LogP contribution >= 0.6 is 0 Å². The van der Waals surface area contributed by atoms with Gasteiger partial charge in [-0.25, -0.2) is 4.98 Å². The molecule has 2 aromatic rings. The van der Waals surface area contributed by atoms with Crippen LogP contribution in [0.1, 0.15) is 23.9 Å². The lowest BCUT2D eigenvalue weighted by atomic mass is 10.1. The molecule has 0 saturated carbocycles. The second-order valence-corrected chi connectivity index (χ2v) is 4.43. The minimum absolute atomic E-state index is 0.375. The summed E-state index contributed by atoms with van der Waals surface area (Å²) in [5, 5.41) is 3.11. The summed E-state index contributed by atoms with van der Waals surface area (Å²) in [6, 6.07) is 5.34. The summed E-state index contributed by atoms with van der Waals surface area (Å²) in [6.45, 7) is 3.73. The highest BCUT2D eigenvalue weighted by Crippen LogP contribution is 2.29. The molecule has 0 amide bonds. The minimum atomic E-state index is -4.30. The number of hydrogen-bond donors (Lipinski definition) is 1. The van der Waals surface area contributed by atoms with E-state index in [1.165, 1.54) is 12.1 Å². The third-order valence-corrected chi connectivity index (χ3v) is 3.01. The Kier molecular flexibility index (Phi) is 4.44. The van der Waals surface area contributed by atoms with Crippen molar-refractivity contribution < 1.29 is 13.2 Å². The van der Waals surface area contributed by atoms with Crippen molar-refractivity contribution in [2.75, 3.05) is 0 Å². The first-order valence-electron chi connectivity index (χ1n) is 6.37. The van der Waals surface area contributed by atoms with Gasteiger partial charge in [0.15, 0.2) is 0 Å². The Morgan fingerprint density at radius 1 is 1.25 bits per heavy atom. The molecule has 3 nitrogen and oxygen atoms in total. The first kappa shape index (κ1) is 14.6. The molecule has 0 aliphatic carbocycles. The second kappa shape index (κ2) is 6.09.